The molecule has 1 saturated heterocycles. The SMILES string of the molecule is O=C1COCOC1=O. The number of cyclic esters (lactones) is 1. The molecule has 0 aliphatic carbocycles. The third-order valence-electron chi connectivity index (χ3n) is 0.734. The van der Waals surface area contributed by atoms with E-state index < -0.39 is 11.8 Å². The highest BCUT2D eigenvalue weighted by Gasteiger charge is 2.19. The van der Waals surface area contributed by atoms with E-state index in [1.165, 1.54) is 0 Å². The standard InChI is InChI=1S/C4H4O4/c5-3-1-7-2-8-4(3)6/h1-2H2. The Balaban J connectivity index is 2.52. The number of esters is 1. The Labute approximate surface area is 45.4 Å². The molecule has 0 atom stereocenters. The zero-order valence-corrected chi connectivity index (χ0v) is 4.05. The number of rotatable bonds is 0. The first-order valence-corrected chi connectivity index (χ1v) is 2.08. The fourth-order valence-electron chi connectivity index (χ4n) is 0.369. The zero-order chi connectivity index (χ0) is 5.98. The highest BCUT2D eigenvalue weighted by Crippen LogP contribution is 1.90. The van der Waals surface area contributed by atoms with Crippen LogP contribution in [0.4, 0.5) is 0 Å². The van der Waals surface area contributed by atoms with E-state index in [0.717, 1.165) is 0 Å². The van der Waals surface area contributed by atoms with Crippen molar-refractivity contribution in [3.05, 3.63) is 0 Å². The number of ketones is 1. The van der Waals surface area contributed by atoms with Crippen molar-refractivity contribution in [1.82, 2.24) is 0 Å². The van der Waals surface area contributed by atoms with Gasteiger partial charge in [0.15, 0.2) is 6.79 Å². The summed E-state index contributed by atoms with van der Waals surface area (Å²) in [6, 6.07) is 0. The van der Waals surface area contributed by atoms with Crippen molar-refractivity contribution in [2.75, 3.05) is 13.4 Å². The number of carbonyl (C=O) groups excluding carboxylic acids is 2. The molecule has 1 aliphatic rings. The molecule has 0 aromatic rings. The maximum absolute atomic E-state index is 10.2. The predicted octanol–water partition coefficient (Wildman–Crippen LogP) is -0.914. The Kier molecular flexibility index (Phi) is 1.26. The van der Waals surface area contributed by atoms with E-state index in [1.54, 1.807) is 0 Å². The highest BCUT2D eigenvalue weighted by molar-refractivity contribution is 6.34. The number of hydrogen-bond acceptors (Lipinski definition) is 4. The second-order valence-corrected chi connectivity index (χ2v) is 1.32. The fourth-order valence-corrected chi connectivity index (χ4v) is 0.369. The second kappa shape index (κ2) is 1.92. The van der Waals surface area contributed by atoms with Crippen LogP contribution < -0.4 is 0 Å². The zero-order valence-electron chi connectivity index (χ0n) is 4.05. The van der Waals surface area contributed by atoms with E-state index in [2.05, 4.69) is 9.47 Å². The lowest BCUT2D eigenvalue weighted by atomic mass is 10.4. The molecule has 1 fully saturated rings. The second-order valence-electron chi connectivity index (χ2n) is 1.32. The molecule has 0 radical (unpaired) electrons. The molecule has 1 rings (SSSR count). The summed E-state index contributed by atoms with van der Waals surface area (Å²) in [5, 5.41) is 0. The minimum atomic E-state index is -0.795. The van der Waals surface area contributed by atoms with Crippen molar-refractivity contribution < 1.29 is 19.1 Å². The molecule has 4 heteroatoms. The van der Waals surface area contributed by atoms with Crippen LogP contribution in [-0.4, -0.2) is 25.2 Å². The lowest BCUT2D eigenvalue weighted by molar-refractivity contribution is -0.176. The normalized spacial score (nSPS) is 20.5. The smallest absolute Gasteiger partial charge is 0.379 e. The van der Waals surface area contributed by atoms with Crippen LogP contribution in [0.5, 0.6) is 0 Å². The summed E-state index contributed by atoms with van der Waals surface area (Å²) in [5.41, 5.74) is 0. The largest absolute Gasteiger partial charge is 0.433 e. The molecule has 8 heavy (non-hydrogen) atoms. The van der Waals surface area contributed by atoms with Gasteiger partial charge in [-0.05, 0) is 0 Å². The van der Waals surface area contributed by atoms with Crippen molar-refractivity contribution in [3.8, 4) is 0 Å². The molecular formula is C4H4O4. The summed E-state index contributed by atoms with van der Waals surface area (Å²) in [5.74, 6) is -1.41. The van der Waals surface area contributed by atoms with Crippen LogP contribution in [0.3, 0.4) is 0 Å². The molecular weight excluding hydrogens is 112 g/mol. The minimum Gasteiger partial charge on any atom is -0.433 e. The van der Waals surface area contributed by atoms with Gasteiger partial charge >= 0.3 is 5.97 Å². The predicted molar refractivity (Wildman–Crippen MR) is 21.9 cm³/mol. The monoisotopic (exact) mass is 116 g/mol. The fraction of sp³-hybridized carbons (Fsp3) is 0.500. The van der Waals surface area contributed by atoms with Gasteiger partial charge in [-0.15, -0.1) is 0 Å². The van der Waals surface area contributed by atoms with Gasteiger partial charge in [0.1, 0.15) is 6.61 Å². The molecule has 0 unspecified atom stereocenters. The van der Waals surface area contributed by atoms with Gasteiger partial charge in [-0.25, -0.2) is 4.79 Å². The van der Waals surface area contributed by atoms with Crippen molar-refractivity contribution in [1.29, 1.82) is 0 Å². The summed E-state index contributed by atoms with van der Waals surface area (Å²) >= 11 is 0. The van der Waals surface area contributed by atoms with Crippen LogP contribution >= 0.6 is 0 Å². The summed E-state index contributed by atoms with van der Waals surface area (Å²) in [6.07, 6.45) is 0. The molecule has 1 heterocycles. The lowest BCUT2D eigenvalue weighted by Gasteiger charge is -2.08. The van der Waals surface area contributed by atoms with Gasteiger partial charge in [0.05, 0.1) is 0 Å². The summed E-state index contributed by atoms with van der Waals surface area (Å²) < 4.78 is 8.64. The van der Waals surface area contributed by atoms with Crippen molar-refractivity contribution >= 4 is 11.8 Å². The van der Waals surface area contributed by atoms with Gasteiger partial charge in [0.2, 0.25) is 0 Å². The number of Topliss-reactive ketones (excluding diaryl/α,β-unsaturated/α-hetero) is 1. The topological polar surface area (TPSA) is 52.6 Å². The first kappa shape index (κ1) is 5.24. The maximum Gasteiger partial charge on any atom is 0.379 e. The quantitative estimate of drug-likeness (QED) is 0.303. The van der Waals surface area contributed by atoms with E-state index in [4.69, 9.17) is 0 Å². The summed E-state index contributed by atoms with van der Waals surface area (Å²) in [7, 11) is 0. The van der Waals surface area contributed by atoms with Gasteiger partial charge in [0, 0.05) is 0 Å². The average Bonchev–Trinajstić information content (AvgIpc) is 1.77. The molecule has 44 valence electrons. The van der Waals surface area contributed by atoms with E-state index >= 15 is 0 Å². The van der Waals surface area contributed by atoms with Crippen LogP contribution in [0, 0.1) is 0 Å². The Hall–Kier alpha value is -0.900. The molecule has 1 aliphatic heterocycles. The first-order valence-electron chi connectivity index (χ1n) is 2.08. The molecule has 4 nitrogen and oxygen atoms in total. The molecule has 0 aromatic heterocycles. The van der Waals surface area contributed by atoms with Crippen LogP contribution in [0.1, 0.15) is 0 Å². The van der Waals surface area contributed by atoms with Gasteiger partial charge in [-0.1, -0.05) is 0 Å². The Morgan fingerprint density at radius 1 is 1.38 bits per heavy atom. The van der Waals surface area contributed by atoms with Crippen molar-refractivity contribution in [3.63, 3.8) is 0 Å². The first-order chi connectivity index (χ1) is 3.80. The van der Waals surface area contributed by atoms with Crippen LogP contribution in [0.15, 0.2) is 0 Å². The minimum absolute atomic E-state index is 0.0927. The lowest BCUT2D eigenvalue weighted by Crippen LogP contribution is -2.29. The van der Waals surface area contributed by atoms with Gasteiger partial charge in [0.25, 0.3) is 5.78 Å². The molecule has 0 amide bonds. The molecule has 0 spiro atoms. The number of ether oxygens (including phenoxy) is 2. The van der Waals surface area contributed by atoms with Crippen molar-refractivity contribution in [2.24, 2.45) is 0 Å². The van der Waals surface area contributed by atoms with E-state index in [0.29, 0.717) is 0 Å². The third kappa shape index (κ3) is 0.840. The van der Waals surface area contributed by atoms with E-state index in [9.17, 15) is 9.59 Å². The molecule has 0 saturated carbocycles. The Morgan fingerprint density at radius 3 is 2.50 bits per heavy atom. The molecule has 0 N–H and O–H groups in total. The Bertz CT molecular complexity index is 112. The molecule has 0 aromatic carbocycles. The van der Waals surface area contributed by atoms with Crippen LogP contribution in [0.25, 0.3) is 0 Å². The Morgan fingerprint density at radius 2 is 2.12 bits per heavy atom. The summed E-state index contributed by atoms with van der Waals surface area (Å²) in [6.45, 7) is -0.233. The van der Waals surface area contributed by atoms with E-state index in [1.807, 2.05) is 0 Å². The van der Waals surface area contributed by atoms with E-state index in [-0.39, 0.29) is 13.4 Å². The van der Waals surface area contributed by atoms with Gasteiger partial charge in [-0.3, -0.25) is 4.79 Å². The van der Waals surface area contributed by atoms with Gasteiger partial charge < -0.3 is 9.47 Å². The number of hydrogen-bond donors (Lipinski definition) is 0. The number of carbonyl (C=O) groups is 2. The average molecular weight is 116 g/mol. The summed E-state index contributed by atoms with van der Waals surface area (Å²) in [4.78, 5) is 20.3. The van der Waals surface area contributed by atoms with Crippen LogP contribution in [-0.2, 0) is 19.1 Å². The highest BCUT2D eigenvalue weighted by atomic mass is 16.7. The van der Waals surface area contributed by atoms with Crippen LogP contribution in [0.2, 0.25) is 0 Å². The third-order valence-corrected chi connectivity index (χ3v) is 0.734. The maximum atomic E-state index is 10.2. The molecule has 0 bridgehead atoms. The van der Waals surface area contributed by atoms with Gasteiger partial charge in [-0.2, -0.15) is 0 Å². The van der Waals surface area contributed by atoms with Crippen molar-refractivity contribution in [2.45, 2.75) is 0 Å².